The molecule has 1 aliphatic heterocycles. The van der Waals surface area contributed by atoms with Crippen LogP contribution in [0.4, 0.5) is 5.69 Å². The van der Waals surface area contributed by atoms with Crippen LogP contribution < -0.4 is 5.73 Å². The van der Waals surface area contributed by atoms with Crippen molar-refractivity contribution in [2.24, 2.45) is 0 Å². The number of nitrogen functional groups attached to an aromatic ring is 1. The average Bonchev–Trinajstić information content (AvgIpc) is 2.50. The van der Waals surface area contributed by atoms with Crippen molar-refractivity contribution in [1.29, 1.82) is 0 Å². The second kappa shape index (κ2) is 3.23. The molecule has 0 amide bonds. The SMILES string of the molecule is Nc1c(Br)ccc2c1C(=O)OC2C(=O)O. The Kier molecular flexibility index (Phi) is 2.15. The summed E-state index contributed by atoms with van der Waals surface area (Å²) >= 11 is 3.15. The van der Waals surface area contributed by atoms with Gasteiger partial charge in [-0.2, -0.15) is 0 Å². The van der Waals surface area contributed by atoms with Crippen LogP contribution in [0.15, 0.2) is 16.6 Å². The summed E-state index contributed by atoms with van der Waals surface area (Å²) in [5.41, 5.74) is 6.29. The maximum atomic E-state index is 11.4. The Labute approximate surface area is 93.0 Å². The molecule has 78 valence electrons. The lowest BCUT2D eigenvalue weighted by atomic mass is 10.0. The number of carbonyl (C=O) groups excluding carboxylic acids is 1. The number of esters is 1. The first kappa shape index (κ1) is 9.97. The quantitative estimate of drug-likeness (QED) is 0.594. The normalized spacial score (nSPS) is 18.5. The zero-order chi connectivity index (χ0) is 11.2. The van der Waals surface area contributed by atoms with Gasteiger partial charge in [0.2, 0.25) is 6.10 Å². The lowest BCUT2D eigenvalue weighted by molar-refractivity contribution is -0.146. The monoisotopic (exact) mass is 271 g/mol. The number of hydrogen-bond acceptors (Lipinski definition) is 4. The summed E-state index contributed by atoms with van der Waals surface area (Å²) in [6, 6.07) is 3.10. The van der Waals surface area contributed by atoms with E-state index in [2.05, 4.69) is 20.7 Å². The number of aliphatic carboxylic acids is 1. The van der Waals surface area contributed by atoms with E-state index < -0.39 is 18.0 Å². The average molecular weight is 272 g/mol. The molecule has 1 unspecified atom stereocenters. The Bertz CT molecular complexity index is 471. The first-order valence-electron chi connectivity index (χ1n) is 4.04. The van der Waals surface area contributed by atoms with Crippen molar-refractivity contribution in [2.75, 3.05) is 5.73 Å². The van der Waals surface area contributed by atoms with Gasteiger partial charge in [-0.15, -0.1) is 0 Å². The summed E-state index contributed by atoms with van der Waals surface area (Å²) in [4.78, 5) is 22.1. The van der Waals surface area contributed by atoms with Crippen LogP contribution in [0.25, 0.3) is 0 Å². The van der Waals surface area contributed by atoms with E-state index in [0.717, 1.165) is 0 Å². The van der Waals surface area contributed by atoms with Gasteiger partial charge in [0, 0.05) is 10.0 Å². The highest BCUT2D eigenvalue weighted by molar-refractivity contribution is 9.10. The number of fused-ring (bicyclic) bond motifs is 1. The van der Waals surface area contributed by atoms with Crippen LogP contribution in [0.5, 0.6) is 0 Å². The standard InChI is InChI=1S/C9H6BrNO4/c10-4-2-1-3-5(6(4)11)9(14)15-7(3)8(12)13/h1-2,7H,11H2,(H,12,13). The molecule has 1 aromatic carbocycles. The highest BCUT2D eigenvalue weighted by atomic mass is 79.9. The van der Waals surface area contributed by atoms with Crippen LogP contribution in [-0.4, -0.2) is 17.0 Å². The number of nitrogens with two attached hydrogens (primary N) is 1. The van der Waals surface area contributed by atoms with E-state index in [0.29, 0.717) is 10.0 Å². The van der Waals surface area contributed by atoms with Gasteiger partial charge in [0.15, 0.2) is 0 Å². The molecule has 0 bridgehead atoms. The lowest BCUT2D eigenvalue weighted by Gasteiger charge is -2.04. The van der Waals surface area contributed by atoms with Crippen LogP contribution in [0.2, 0.25) is 0 Å². The summed E-state index contributed by atoms with van der Waals surface area (Å²) in [5.74, 6) is -1.90. The van der Waals surface area contributed by atoms with Crippen LogP contribution >= 0.6 is 15.9 Å². The lowest BCUT2D eigenvalue weighted by Crippen LogP contribution is -2.10. The molecule has 0 fully saturated rings. The van der Waals surface area contributed by atoms with Crippen molar-refractivity contribution < 1.29 is 19.4 Å². The number of hydrogen-bond donors (Lipinski definition) is 2. The molecular weight excluding hydrogens is 266 g/mol. The Morgan fingerprint density at radius 2 is 2.20 bits per heavy atom. The number of carboxylic acids is 1. The summed E-state index contributed by atoms with van der Waals surface area (Å²) in [6.07, 6.45) is -1.25. The number of anilines is 1. The van der Waals surface area contributed by atoms with Gasteiger partial charge in [0.1, 0.15) is 0 Å². The van der Waals surface area contributed by atoms with Gasteiger partial charge in [0.25, 0.3) is 0 Å². The minimum Gasteiger partial charge on any atom is -0.478 e. The predicted molar refractivity (Wildman–Crippen MR) is 54.3 cm³/mol. The minimum absolute atomic E-state index is 0.136. The highest BCUT2D eigenvalue weighted by Gasteiger charge is 2.38. The van der Waals surface area contributed by atoms with E-state index in [4.69, 9.17) is 10.8 Å². The Hall–Kier alpha value is -1.56. The molecule has 0 saturated heterocycles. The first-order valence-corrected chi connectivity index (χ1v) is 4.83. The second-order valence-corrected chi connectivity index (χ2v) is 3.90. The van der Waals surface area contributed by atoms with Crippen molar-refractivity contribution >= 4 is 33.6 Å². The molecule has 0 radical (unpaired) electrons. The van der Waals surface area contributed by atoms with E-state index in [1.54, 1.807) is 6.07 Å². The van der Waals surface area contributed by atoms with Gasteiger partial charge in [-0.1, -0.05) is 6.07 Å². The van der Waals surface area contributed by atoms with Crippen LogP contribution in [0.1, 0.15) is 22.0 Å². The fourth-order valence-electron chi connectivity index (χ4n) is 1.47. The molecule has 1 aromatic rings. The third kappa shape index (κ3) is 1.37. The van der Waals surface area contributed by atoms with Gasteiger partial charge >= 0.3 is 11.9 Å². The second-order valence-electron chi connectivity index (χ2n) is 3.05. The molecule has 1 atom stereocenters. The van der Waals surface area contributed by atoms with E-state index in [1.807, 2.05) is 0 Å². The minimum atomic E-state index is -1.25. The fourth-order valence-corrected chi connectivity index (χ4v) is 1.80. The number of ether oxygens (including phenoxy) is 1. The molecular formula is C9H6BrNO4. The van der Waals surface area contributed by atoms with Crippen molar-refractivity contribution in [3.8, 4) is 0 Å². The van der Waals surface area contributed by atoms with Gasteiger partial charge in [-0.3, -0.25) is 0 Å². The number of carbonyl (C=O) groups is 2. The molecule has 15 heavy (non-hydrogen) atoms. The zero-order valence-corrected chi connectivity index (χ0v) is 8.95. The molecule has 2 rings (SSSR count). The van der Waals surface area contributed by atoms with Crippen molar-refractivity contribution in [3.63, 3.8) is 0 Å². The topological polar surface area (TPSA) is 89.6 Å². The summed E-state index contributed by atoms with van der Waals surface area (Å²) in [5, 5.41) is 8.81. The molecule has 5 nitrogen and oxygen atoms in total. The molecule has 3 N–H and O–H groups in total. The van der Waals surface area contributed by atoms with E-state index >= 15 is 0 Å². The zero-order valence-electron chi connectivity index (χ0n) is 7.36. The predicted octanol–water partition coefficient (Wildman–Crippen LogP) is 1.33. The number of carboxylic acid groups (broad SMARTS) is 1. The summed E-state index contributed by atoms with van der Waals surface area (Å²) in [6.45, 7) is 0. The smallest absolute Gasteiger partial charge is 0.349 e. The Morgan fingerprint density at radius 3 is 2.80 bits per heavy atom. The molecule has 0 saturated carbocycles. The van der Waals surface area contributed by atoms with Gasteiger partial charge in [0.05, 0.1) is 11.3 Å². The van der Waals surface area contributed by atoms with Crippen LogP contribution in [-0.2, 0) is 9.53 Å². The Balaban J connectivity index is 2.64. The molecule has 6 heteroatoms. The van der Waals surface area contributed by atoms with Crippen molar-refractivity contribution in [3.05, 3.63) is 27.7 Å². The third-order valence-electron chi connectivity index (χ3n) is 2.16. The van der Waals surface area contributed by atoms with Crippen molar-refractivity contribution in [1.82, 2.24) is 0 Å². The molecule has 0 aromatic heterocycles. The number of halogens is 1. The largest absolute Gasteiger partial charge is 0.478 e. The maximum Gasteiger partial charge on any atom is 0.349 e. The molecule has 0 spiro atoms. The summed E-state index contributed by atoms with van der Waals surface area (Å²) < 4.78 is 5.24. The molecule has 0 aliphatic carbocycles. The van der Waals surface area contributed by atoms with Gasteiger partial charge < -0.3 is 15.6 Å². The van der Waals surface area contributed by atoms with Crippen LogP contribution in [0.3, 0.4) is 0 Å². The van der Waals surface area contributed by atoms with Gasteiger partial charge in [-0.25, -0.2) is 9.59 Å². The maximum absolute atomic E-state index is 11.4. The number of rotatable bonds is 1. The Morgan fingerprint density at radius 1 is 1.53 bits per heavy atom. The summed E-state index contributed by atoms with van der Waals surface area (Å²) in [7, 11) is 0. The number of benzene rings is 1. The molecule has 1 aliphatic rings. The number of cyclic esters (lactones) is 1. The first-order chi connectivity index (χ1) is 7.02. The van der Waals surface area contributed by atoms with Gasteiger partial charge in [-0.05, 0) is 22.0 Å². The van der Waals surface area contributed by atoms with E-state index in [-0.39, 0.29) is 11.3 Å². The fraction of sp³-hybridized carbons (Fsp3) is 0.111. The highest BCUT2D eigenvalue weighted by Crippen LogP contribution is 2.37. The van der Waals surface area contributed by atoms with E-state index in [9.17, 15) is 9.59 Å². The van der Waals surface area contributed by atoms with E-state index in [1.165, 1.54) is 6.07 Å². The van der Waals surface area contributed by atoms with Crippen LogP contribution in [0, 0.1) is 0 Å². The van der Waals surface area contributed by atoms with Crippen molar-refractivity contribution in [2.45, 2.75) is 6.10 Å². The third-order valence-corrected chi connectivity index (χ3v) is 2.85. The molecule has 1 heterocycles.